The Balaban J connectivity index is 1.00. The fourth-order valence-corrected chi connectivity index (χ4v) is 12.7. The van der Waals surface area contributed by atoms with Crippen molar-refractivity contribution < 1.29 is 77.8 Å². The Labute approximate surface area is 378 Å². The Kier molecular flexibility index (Phi) is 14.5. The summed E-state index contributed by atoms with van der Waals surface area (Å²) in [5.41, 5.74) is -6.09. The molecule has 64 heavy (non-hydrogen) atoms. The number of ketones is 1. The number of aliphatic hydroxyl groups is 5. The fourth-order valence-electron chi connectivity index (χ4n) is 12.7. The molecule has 0 unspecified atom stereocenters. The summed E-state index contributed by atoms with van der Waals surface area (Å²) < 4.78 is 55.4. The molecule has 3 saturated carbocycles. The molecule has 4 aliphatic carbocycles. The van der Waals surface area contributed by atoms with Crippen LogP contribution in [0.4, 0.5) is 0 Å². The third-order valence-electron chi connectivity index (χ3n) is 17.1. The highest BCUT2D eigenvalue weighted by Crippen LogP contribution is 2.71. The number of rotatable bonds is 12. The SMILES string of the molecule is CO[C@H]1C[C@H](O[C@H]2CC[C@@]3(C)C(=CC[C@]4(O)[C@@H]3C[C@@H](OC(=O)/C=C(\C)C(C)C)[C@@]3(C)[C@]4(O)CC[C@@]3(O)C(C)=O)C2)O[C@H](C)[C@H]1O[C@H]1C[C@H](O)[C@H](O[C@H]2C[C@@H](OC)[C@H](O)[C@@H](C)O2)[C@@H](C)O1. The number of Topliss-reactive ketones (excluding diaryl/α,β-unsaturated/α-hetero) is 1. The van der Waals surface area contributed by atoms with Crippen LogP contribution in [0.15, 0.2) is 23.3 Å². The minimum absolute atomic E-state index is 0.0339. The highest BCUT2D eigenvalue weighted by atomic mass is 16.7. The third-order valence-corrected chi connectivity index (χ3v) is 17.1. The Morgan fingerprint density at radius 2 is 1.39 bits per heavy atom. The van der Waals surface area contributed by atoms with Gasteiger partial charge in [0.15, 0.2) is 24.7 Å². The number of methoxy groups -OCH3 is 2. The van der Waals surface area contributed by atoms with Gasteiger partial charge in [0, 0.05) is 45.5 Å². The second kappa shape index (κ2) is 18.5. The van der Waals surface area contributed by atoms with E-state index in [1.54, 1.807) is 21.0 Å². The normalized spacial score (nSPS) is 49.7. The van der Waals surface area contributed by atoms with E-state index in [-0.39, 0.29) is 44.1 Å². The van der Waals surface area contributed by atoms with Gasteiger partial charge in [0.1, 0.15) is 41.2 Å². The number of carbonyl (C=O) groups excluding carboxylic acids is 2. The summed E-state index contributed by atoms with van der Waals surface area (Å²) in [7, 11) is 3.15. The lowest BCUT2D eigenvalue weighted by Gasteiger charge is -2.67. The van der Waals surface area contributed by atoms with Crippen molar-refractivity contribution in [2.45, 2.75) is 229 Å². The molecule has 0 amide bonds. The Bertz CT molecular complexity index is 1760. The van der Waals surface area contributed by atoms with E-state index in [1.165, 1.54) is 20.1 Å². The van der Waals surface area contributed by atoms with Crippen molar-refractivity contribution >= 4 is 11.8 Å². The number of aliphatic hydroxyl groups excluding tert-OH is 2. The minimum atomic E-state index is -2.02. The molecule has 3 heterocycles. The molecule has 364 valence electrons. The molecular weight excluding hydrogens is 833 g/mol. The summed E-state index contributed by atoms with van der Waals surface area (Å²) in [5.74, 6) is -1.61. The first kappa shape index (κ1) is 50.0. The molecule has 16 heteroatoms. The molecule has 16 nitrogen and oxygen atoms in total. The molecule has 5 N–H and O–H groups in total. The van der Waals surface area contributed by atoms with Gasteiger partial charge in [-0.25, -0.2) is 4.79 Å². The monoisotopic (exact) mass is 909 g/mol. The number of fused-ring (bicyclic) bond motifs is 5. The smallest absolute Gasteiger partial charge is 0.330 e. The van der Waals surface area contributed by atoms with E-state index in [4.69, 9.17) is 42.6 Å². The van der Waals surface area contributed by atoms with E-state index in [0.29, 0.717) is 32.1 Å². The van der Waals surface area contributed by atoms with Gasteiger partial charge in [0.2, 0.25) is 0 Å². The van der Waals surface area contributed by atoms with Crippen LogP contribution in [0.3, 0.4) is 0 Å². The van der Waals surface area contributed by atoms with E-state index in [9.17, 15) is 35.1 Å². The summed E-state index contributed by atoms with van der Waals surface area (Å²) in [5, 5.41) is 59.4. The lowest BCUT2D eigenvalue weighted by Crippen LogP contribution is -2.78. The van der Waals surface area contributed by atoms with Gasteiger partial charge < -0.3 is 68.2 Å². The second-order valence-corrected chi connectivity index (χ2v) is 20.8. The van der Waals surface area contributed by atoms with Gasteiger partial charge in [-0.1, -0.05) is 38.0 Å². The largest absolute Gasteiger partial charge is 0.458 e. The van der Waals surface area contributed by atoms with Crippen molar-refractivity contribution in [2.24, 2.45) is 22.7 Å². The quantitative estimate of drug-likeness (QED) is 0.106. The third kappa shape index (κ3) is 8.40. The first-order valence-corrected chi connectivity index (χ1v) is 23.6. The van der Waals surface area contributed by atoms with Gasteiger partial charge >= 0.3 is 5.97 Å². The van der Waals surface area contributed by atoms with Crippen LogP contribution in [0.1, 0.15) is 127 Å². The minimum Gasteiger partial charge on any atom is -0.458 e. The number of ether oxygens (including phenoxy) is 9. The number of hydrogen-bond donors (Lipinski definition) is 5. The Hall–Kier alpha value is -1.90. The molecule has 0 radical (unpaired) electrons. The summed E-state index contributed by atoms with van der Waals surface area (Å²) >= 11 is 0. The zero-order chi connectivity index (χ0) is 46.9. The maximum absolute atomic E-state index is 13.5. The fraction of sp³-hybridized carbons (Fsp3) is 0.875. The Morgan fingerprint density at radius 3 is 2.02 bits per heavy atom. The van der Waals surface area contributed by atoms with Crippen molar-refractivity contribution in [3.8, 4) is 0 Å². The van der Waals surface area contributed by atoms with E-state index in [2.05, 4.69) is 6.92 Å². The molecule has 0 bridgehead atoms. The molecule has 20 atom stereocenters. The maximum atomic E-state index is 13.5. The number of allylic oxidation sites excluding steroid dienone is 1. The summed E-state index contributed by atoms with van der Waals surface area (Å²) in [4.78, 5) is 26.7. The van der Waals surface area contributed by atoms with Gasteiger partial charge in [-0.3, -0.25) is 4.79 Å². The lowest BCUT2D eigenvalue weighted by molar-refractivity contribution is -0.337. The molecule has 3 aliphatic heterocycles. The van der Waals surface area contributed by atoms with Crippen LogP contribution in [0.2, 0.25) is 0 Å². The predicted octanol–water partition coefficient (Wildman–Crippen LogP) is 3.94. The highest BCUT2D eigenvalue weighted by molar-refractivity contribution is 5.87. The second-order valence-electron chi connectivity index (χ2n) is 20.8. The van der Waals surface area contributed by atoms with Crippen molar-refractivity contribution in [2.75, 3.05) is 14.2 Å². The van der Waals surface area contributed by atoms with Crippen molar-refractivity contribution in [1.82, 2.24) is 0 Å². The number of esters is 1. The molecule has 7 aliphatic rings. The van der Waals surface area contributed by atoms with Crippen LogP contribution in [0.25, 0.3) is 0 Å². The zero-order valence-electron chi connectivity index (χ0n) is 39.7. The Morgan fingerprint density at radius 1 is 0.797 bits per heavy atom. The van der Waals surface area contributed by atoms with Crippen molar-refractivity contribution in [3.05, 3.63) is 23.3 Å². The molecule has 0 aromatic heterocycles. The first-order chi connectivity index (χ1) is 30.0. The van der Waals surface area contributed by atoms with Crippen LogP contribution >= 0.6 is 0 Å². The molecule has 0 aromatic rings. The predicted molar refractivity (Wildman–Crippen MR) is 229 cm³/mol. The molecule has 6 fully saturated rings. The summed E-state index contributed by atoms with van der Waals surface area (Å²) in [6.45, 7) is 16.2. The van der Waals surface area contributed by atoms with E-state index in [0.717, 1.165) is 11.1 Å². The van der Waals surface area contributed by atoms with E-state index in [1.807, 2.05) is 40.7 Å². The standard InChI is InChI=1S/C48H76O16/c1-24(2)25(3)18-37(51)62-36-23-35-44(8)14-13-31(19-30(44)12-15-47(35,54)48(55)17-16-46(53,29(7)49)45(36,48)9)61-39-22-34(57-11)43(28(6)60-39)64-38-20-32(50)42(27(5)59-38)63-40-21-33(56-10)41(52)26(4)58-40/h12,18,24,26-28,31-36,38-43,50,52-55H,13-17,19-23H2,1-11H3/b25-18+/t26-,27-,28-,31+,32+,33-,34+,35-,36-,38+,39+,40+,41-,42-,43-,44+,45-,46-,47+,48-/m1/s1. The van der Waals surface area contributed by atoms with Crippen LogP contribution < -0.4 is 0 Å². The molecule has 7 rings (SSSR count). The van der Waals surface area contributed by atoms with Crippen LogP contribution in [-0.4, -0.2) is 154 Å². The van der Waals surface area contributed by atoms with Gasteiger partial charge in [-0.15, -0.1) is 0 Å². The molecular formula is C48H76O16. The van der Waals surface area contributed by atoms with E-state index < -0.39 is 125 Å². The van der Waals surface area contributed by atoms with Gasteiger partial charge in [-0.2, -0.15) is 0 Å². The topological polar surface area (TPSA) is 218 Å². The van der Waals surface area contributed by atoms with Crippen molar-refractivity contribution in [3.63, 3.8) is 0 Å². The van der Waals surface area contributed by atoms with Crippen molar-refractivity contribution in [1.29, 1.82) is 0 Å². The number of hydrogen-bond acceptors (Lipinski definition) is 16. The summed E-state index contributed by atoms with van der Waals surface area (Å²) in [6, 6.07) is 0. The van der Waals surface area contributed by atoms with Gasteiger partial charge in [0.25, 0.3) is 0 Å². The average molecular weight is 909 g/mol. The molecule has 3 saturated heterocycles. The summed E-state index contributed by atoms with van der Waals surface area (Å²) in [6.07, 6.45) is -2.47. The van der Waals surface area contributed by atoms with Gasteiger partial charge in [-0.05, 0) is 97.8 Å². The maximum Gasteiger partial charge on any atom is 0.330 e. The lowest BCUT2D eigenvalue weighted by atomic mass is 9.42. The average Bonchev–Trinajstić information content (AvgIpc) is 3.46. The van der Waals surface area contributed by atoms with Crippen LogP contribution in [0, 0.1) is 22.7 Å². The van der Waals surface area contributed by atoms with Crippen LogP contribution in [-0.2, 0) is 52.2 Å². The van der Waals surface area contributed by atoms with Crippen LogP contribution in [0.5, 0.6) is 0 Å². The van der Waals surface area contributed by atoms with Gasteiger partial charge in [0.05, 0.1) is 48.1 Å². The zero-order valence-corrected chi connectivity index (χ0v) is 39.7. The first-order valence-electron chi connectivity index (χ1n) is 23.6. The molecule has 0 aromatic carbocycles. The number of carbonyl (C=O) groups is 2. The molecule has 0 spiro atoms. The highest BCUT2D eigenvalue weighted by Gasteiger charge is 2.81. The van der Waals surface area contributed by atoms with E-state index >= 15 is 0 Å².